The lowest BCUT2D eigenvalue weighted by Gasteiger charge is -2.33. The van der Waals surface area contributed by atoms with E-state index in [0.717, 1.165) is 11.3 Å². The van der Waals surface area contributed by atoms with Crippen LogP contribution in [0.25, 0.3) is 0 Å². The molecule has 1 aliphatic rings. The Morgan fingerprint density at radius 1 is 1.16 bits per heavy atom. The van der Waals surface area contributed by atoms with Crippen molar-refractivity contribution in [2.75, 3.05) is 20.2 Å². The van der Waals surface area contributed by atoms with Crippen molar-refractivity contribution in [2.45, 2.75) is 38.3 Å². The van der Waals surface area contributed by atoms with E-state index in [9.17, 15) is 14.4 Å². The average Bonchev–Trinajstić information content (AvgIpc) is 2.79. The molecule has 0 aliphatic carbocycles. The molecule has 1 aliphatic heterocycles. The molecule has 8 heteroatoms. The van der Waals surface area contributed by atoms with E-state index in [1.54, 1.807) is 36.5 Å². The van der Waals surface area contributed by atoms with E-state index in [1.807, 2.05) is 24.3 Å². The van der Waals surface area contributed by atoms with Gasteiger partial charge in [-0.25, -0.2) is 0 Å². The van der Waals surface area contributed by atoms with Crippen LogP contribution < -0.4 is 15.4 Å². The van der Waals surface area contributed by atoms with Crippen molar-refractivity contribution in [1.29, 1.82) is 0 Å². The number of hydrogen-bond acceptors (Lipinski definition) is 5. The quantitative estimate of drug-likeness (QED) is 0.703. The zero-order valence-electron chi connectivity index (χ0n) is 17.8. The lowest BCUT2D eigenvalue weighted by molar-refractivity contribution is -0.128. The number of benzene rings is 1. The van der Waals surface area contributed by atoms with Crippen molar-refractivity contribution in [3.05, 3.63) is 59.9 Å². The molecule has 164 valence electrons. The van der Waals surface area contributed by atoms with E-state index in [1.165, 1.54) is 6.92 Å². The van der Waals surface area contributed by atoms with Crippen molar-refractivity contribution in [3.63, 3.8) is 0 Å². The highest BCUT2D eigenvalue weighted by Crippen LogP contribution is 2.15. The molecule has 0 bridgehead atoms. The molecule has 1 unspecified atom stereocenters. The summed E-state index contributed by atoms with van der Waals surface area (Å²) in [6.45, 7) is 2.51. The summed E-state index contributed by atoms with van der Waals surface area (Å²) in [5, 5.41) is 5.78. The number of amides is 3. The van der Waals surface area contributed by atoms with Gasteiger partial charge in [0.05, 0.1) is 12.7 Å². The minimum Gasteiger partial charge on any atom is -0.497 e. The third kappa shape index (κ3) is 6.28. The summed E-state index contributed by atoms with van der Waals surface area (Å²) in [4.78, 5) is 42.8. The Kier molecular flexibility index (Phi) is 7.59. The number of carbonyl (C=O) groups is 3. The van der Waals surface area contributed by atoms with Crippen LogP contribution in [0.3, 0.4) is 0 Å². The second-order valence-electron chi connectivity index (χ2n) is 7.62. The van der Waals surface area contributed by atoms with Crippen LogP contribution in [-0.2, 0) is 16.0 Å². The zero-order valence-corrected chi connectivity index (χ0v) is 17.8. The largest absolute Gasteiger partial charge is 0.497 e. The van der Waals surface area contributed by atoms with Crippen LogP contribution in [0.5, 0.6) is 5.75 Å². The summed E-state index contributed by atoms with van der Waals surface area (Å²) in [6, 6.07) is 10.2. The Hall–Kier alpha value is -3.42. The molecule has 0 spiro atoms. The molecule has 0 radical (unpaired) electrons. The van der Waals surface area contributed by atoms with Crippen molar-refractivity contribution in [1.82, 2.24) is 20.5 Å². The SMILES string of the molecule is COc1ccc(CC(NC(C)=O)C(=O)NC2CCN(C(=O)c3cccnc3)CC2)cc1. The second-order valence-corrected chi connectivity index (χ2v) is 7.62. The molecule has 2 aromatic rings. The van der Waals surface area contributed by atoms with Crippen LogP contribution in [-0.4, -0.2) is 59.9 Å². The molecule has 8 nitrogen and oxygen atoms in total. The van der Waals surface area contributed by atoms with Crippen LogP contribution >= 0.6 is 0 Å². The van der Waals surface area contributed by atoms with Gasteiger partial charge in [-0.05, 0) is 42.7 Å². The molecule has 31 heavy (non-hydrogen) atoms. The lowest BCUT2D eigenvalue weighted by atomic mass is 10.0. The van der Waals surface area contributed by atoms with E-state index >= 15 is 0 Å². The summed E-state index contributed by atoms with van der Waals surface area (Å²) in [7, 11) is 1.60. The van der Waals surface area contributed by atoms with Gasteiger partial charge in [-0.1, -0.05) is 12.1 Å². The van der Waals surface area contributed by atoms with Crippen LogP contribution in [0.1, 0.15) is 35.7 Å². The molecule has 3 rings (SSSR count). The molecule has 2 heterocycles. The Morgan fingerprint density at radius 2 is 1.87 bits per heavy atom. The van der Waals surface area contributed by atoms with Crippen LogP contribution in [0, 0.1) is 0 Å². The first-order valence-corrected chi connectivity index (χ1v) is 10.4. The van der Waals surface area contributed by atoms with Gasteiger partial charge < -0.3 is 20.3 Å². The summed E-state index contributed by atoms with van der Waals surface area (Å²) < 4.78 is 5.16. The fourth-order valence-corrected chi connectivity index (χ4v) is 3.65. The minimum absolute atomic E-state index is 0.0439. The monoisotopic (exact) mass is 424 g/mol. The first-order valence-electron chi connectivity index (χ1n) is 10.4. The molecular weight excluding hydrogens is 396 g/mol. The highest BCUT2D eigenvalue weighted by molar-refractivity contribution is 5.94. The number of piperidine rings is 1. The number of carbonyl (C=O) groups excluding carboxylic acids is 3. The first-order chi connectivity index (χ1) is 15.0. The summed E-state index contributed by atoms with van der Waals surface area (Å²) in [5.74, 6) is 0.207. The summed E-state index contributed by atoms with van der Waals surface area (Å²) in [5.41, 5.74) is 1.49. The average molecular weight is 425 g/mol. The molecule has 0 saturated carbocycles. The Labute approximate surface area is 182 Å². The molecule has 1 aromatic carbocycles. The third-order valence-corrected chi connectivity index (χ3v) is 5.33. The van der Waals surface area contributed by atoms with Gasteiger partial charge in [0, 0.05) is 44.9 Å². The molecule has 1 atom stereocenters. The molecule has 1 saturated heterocycles. The number of aromatic nitrogens is 1. The normalized spacial score (nSPS) is 15.1. The Balaban J connectivity index is 1.55. The summed E-state index contributed by atoms with van der Waals surface area (Å²) in [6.07, 6.45) is 4.90. The molecule has 2 N–H and O–H groups in total. The van der Waals surface area contributed by atoms with Crippen molar-refractivity contribution in [2.24, 2.45) is 0 Å². The number of nitrogens with zero attached hydrogens (tertiary/aromatic N) is 2. The van der Waals surface area contributed by atoms with Gasteiger partial charge in [0.1, 0.15) is 11.8 Å². The minimum atomic E-state index is -0.666. The number of nitrogens with one attached hydrogen (secondary N) is 2. The van der Waals surface area contributed by atoms with Gasteiger partial charge in [0.15, 0.2) is 0 Å². The van der Waals surface area contributed by atoms with Crippen molar-refractivity contribution >= 4 is 17.7 Å². The van der Waals surface area contributed by atoms with Gasteiger partial charge >= 0.3 is 0 Å². The number of likely N-dealkylation sites (tertiary alicyclic amines) is 1. The smallest absolute Gasteiger partial charge is 0.255 e. The maximum atomic E-state index is 12.9. The second kappa shape index (κ2) is 10.6. The predicted octanol–water partition coefficient (Wildman–Crippen LogP) is 1.56. The zero-order chi connectivity index (χ0) is 22.2. The van der Waals surface area contributed by atoms with E-state index in [0.29, 0.717) is 37.9 Å². The first kappa shape index (κ1) is 22.3. The lowest BCUT2D eigenvalue weighted by Crippen LogP contribution is -2.53. The van der Waals surface area contributed by atoms with Crippen LogP contribution in [0.4, 0.5) is 0 Å². The predicted molar refractivity (Wildman–Crippen MR) is 116 cm³/mol. The Morgan fingerprint density at radius 3 is 2.45 bits per heavy atom. The maximum Gasteiger partial charge on any atom is 0.255 e. The van der Waals surface area contributed by atoms with E-state index in [4.69, 9.17) is 4.74 Å². The van der Waals surface area contributed by atoms with Crippen molar-refractivity contribution in [3.8, 4) is 5.75 Å². The number of rotatable bonds is 7. The molecule has 1 aromatic heterocycles. The van der Waals surface area contributed by atoms with E-state index in [-0.39, 0.29) is 23.8 Å². The molecular formula is C23H28N4O4. The van der Waals surface area contributed by atoms with Crippen LogP contribution in [0.2, 0.25) is 0 Å². The van der Waals surface area contributed by atoms with Gasteiger partial charge in [-0.15, -0.1) is 0 Å². The highest BCUT2D eigenvalue weighted by Gasteiger charge is 2.27. The standard InChI is InChI=1S/C23H28N4O4/c1-16(28)25-21(14-17-5-7-20(31-2)8-6-17)22(29)26-19-9-12-27(13-10-19)23(30)18-4-3-11-24-15-18/h3-8,11,15,19,21H,9-10,12-14H2,1-2H3,(H,25,28)(H,26,29). The van der Waals surface area contributed by atoms with Gasteiger partial charge in [-0.3, -0.25) is 19.4 Å². The highest BCUT2D eigenvalue weighted by atomic mass is 16.5. The Bertz CT molecular complexity index is 894. The fraction of sp³-hybridized carbons (Fsp3) is 0.391. The number of hydrogen-bond donors (Lipinski definition) is 2. The van der Waals surface area contributed by atoms with Gasteiger partial charge in [-0.2, -0.15) is 0 Å². The number of pyridine rings is 1. The van der Waals surface area contributed by atoms with Gasteiger partial charge in [0.25, 0.3) is 5.91 Å². The topological polar surface area (TPSA) is 101 Å². The molecule has 3 amide bonds. The van der Waals surface area contributed by atoms with Crippen LogP contribution in [0.15, 0.2) is 48.8 Å². The van der Waals surface area contributed by atoms with Crippen molar-refractivity contribution < 1.29 is 19.1 Å². The maximum absolute atomic E-state index is 12.9. The number of ether oxygens (including phenoxy) is 1. The fourth-order valence-electron chi connectivity index (χ4n) is 3.65. The van der Waals surface area contributed by atoms with Gasteiger partial charge in [0.2, 0.25) is 11.8 Å². The van der Waals surface area contributed by atoms with E-state index in [2.05, 4.69) is 15.6 Å². The summed E-state index contributed by atoms with van der Waals surface area (Å²) >= 11 is 0. The third-order valence-electron chi connectivity index (χ3n) is 5.33. The van der Waals surface area contributed by atoms with E-state index < -0.39 is 6.04 Å². The number of methoxy groups -OCH3 is 1. The molecule has 1 fully saturated rings.